The molecule has 0 aromatic heterocycles. The number of hydrogen-bond acceptors (Lipinski definition) is 42. The minimum atomic E-state index is -2.48. The van der Waals surface area contributed by atoms with Crippen molar-refractivity contribution in [3.8, 4) is 0 Å². The average Bonchev–Trinajstić information content (AvgIpc) is 1.53. The molecule has 11 fully saturated rings. The Hall–Kier alpha value is -8.43. The fourth-order valence-corrected chi connectivity index (χ4v) is 21.8. The summed E-state index contributed by atoms with van der Waals surface area (Å²) >= 11 is 0. The van der Waals surface area contributed by atoms with Crippen LogP contribution in [0.5, 0.6) is 0 Å². The van der Waals surface area contributed by atoms with E-state index in [1.54, 1.807) is 0 Å². The molecule has 724 valence electrons. The third-order valence-corrected chi connectivity index (χ3v) is 26.8. The molecule has 0 N–H and O–H groups in total. The summed E-state index contributed by atoms with van der Waals surface area (Å²) in [5.41, 5.74) is -2.49. The van der Waals surface area contributed by atoms with Crippen LogP contribution in [0.4, 0.5) is 0 Å². The van der Waals surface area contributed by atoms with E-state index in [0.29, 0.717) is 55.5 Å². The van der Waals surface area contributed by atoms with Crippen LogP contribution in [-0.4, -0.2) is 294 Å². The summed E-state index contributed by atoms with van der Waals surface area (Å²) in [5.74, 6) is -14.2. The topological polar surface area (TPSA) is 505 Å². The maximum absolute atomic E-state index is 14.2. The second-order valence-electron chi connectivity index (χ2n) is 36.2. The molecule has 129 heavy (non-hydrogen) atoms. The number of rotatable bonds is 29. The molecule has 4 aliphatic carbocycles. The maximum Gasteiger partial charge on any atom is 0.303 e. The van der Waals surface area contributed by atoms with Crippen LogP contribution in [0, 0.1) is 52.3 Å². The SMILES string of the molecule is CC(=O)OC[C@H]1O[C@@H](O[C@H]2CC[C@@]3(C)[C@@H](CC[C@@H]4[C@@H]3CC[C@]3(C)C5C(C[C@@H]43)O[C@]3(CC[C@@H](C)CO3)[C@H]5C)C2)[C@H](OC(C)=O)[C@@H](OC(C)=O)[C@H]1O[C@@H]1O[C@H](COC(C)=O)[C@@H](OC(C)=O)[C@H](O[C@@H]2O[C@H](COC(C)=O)[C@@H](OC(C)=O)[C@H](O[C@@H]3OC[C@@H](OC(C)=O)[C@H](OC(C)=O)[C@H]3OC(C)=O)[C@H]2OC(C)=O)[C@H]1O[C@@H]1O[C@H](COC(C)=O)[C@@](C)(OC(C)=O)[C@H](OC(C)=O)[C@H]1OC(C)=O. The summed E-state index contributed by atoms with van der Waals surface area (Å²) < 4.78 is 170. The van der Waals surface area contributed by atoms with Gasteiger partial charge in [0.05, 0.1) is 25.4 Å². The predicted molar refractivity (Wildman–Crippen MR) is 423 cm³/mol. The van der Waals surface area contributed by atoms with E-state index in [9.17, 15) is 71.9 Å². The van der Waals surface area contributed by atoms with E-state index in [4.69, 9.17) is 128 Å². The summed E-state index contributed by atoms with van der Waals surface area (Å²) in [6.07, 6.45) is -40.1. The van der Waals surface area contributed by atoms with Crippen molar-refractivity contribution in [2.75, 3.05) is 39.6 Å². The molecule has 0 radical (unpaired) electrons. The van der Waals surface area contributed by atoms with Gasteiger partial charge >= 0.3 is 89.5 Å². The van der Waals surface area contributed by atoms with Crippen molar-refractivity contribution in [3.63, 3.8) is 0 Å². The van der Waals surface area contributed by atoms with Crippen LogP contribution in [-0.2, 0) is 200 Å². The average molecular weight is 1840 g/mol. The van der Waals surface area contributed by atoms with Gasteiger partial charge in [-0.1, -0.05) is 27.7 Å². The molecule has 11 rings (SSSR count). The largest absolute Gasteiger partial charge is 0.463 e. The number of carbonyl (C=O) groups excluding carboxylic acids is 15. The van der Waals surface area contributed by atoms with Crippen molar-refractivity contribution in [1.82, 2.24) is 0 Å². The second kappa shape index (κ2) is 42.2. The zero-order valence-corrected chi connectivity index (χ0v) is 76.4. The van der Waals surface area contributed by atoms with Gasteiger partial charge in [-0.05, 0) is 111 Å². The van der Waals surface area contributed by atoms with Gasteiger partial charge in [-0.25, -0.2) is 0 Å². The Kier molecular flexibility index (Phi) is 33.1. The van der Waals surface area contributed by atoms with Gasteiger partial charge in [0.1, 0.15) is 75.3 Å². The summed E-state index contributed by atoms with van der Waals surface area (Å²) in [7, 11) is 0. The Bertz CT molecular complexity index is 4090. The van der Waals surface area contributed by atoms with Gasteiger partial charge in [-0.15, -0.1) is 0 Å². The molecule has 1 spiro atoms. The zero-order chi connectivity index (χ0) is 94.5. The van der Waals surface area contributed by atoms with Crippen molar-refractivity contribution < 1.29 is 200 Å². The van der Waals surface area contributed by atoms with Crippen LogP contribution in [0.15, 0.2) is 0 Å². The van der Waals surface area contributed by atoms with Gasteiger partial charge < -0.3 is 128 Å². The Labute approximate surface area is 746 Å². The van der Waals surface area contributed by atoms with Gasteiger partial charge in [0.2, 0.25) is 0 Å². The van der Waals surface area contributed by atoms with Crippen LogP contribution in [0.2, 0.25) is 0 Å². The van der Waals surface area contributed by atoms with Crippen LogP contribution in [0.1, 0.15) is 203 Å². The Morgan fingerprint density at radius 1 is 0.341 bits per heavy atom. The lowest BCUT2D eigenvalue weighted by Gasteiger charge is -2.61. The number of fused-ring (bicyclic) bond motifs is 7. The van der Waals surface area contributed by atoms with E-state index in [0.717, 1.165) is 149 Å². The van der Waals surface area contributed by atoms with Gasteiger partial charge in [-0.3, -0.25) is 71.9 Å². The van der Waals surface area contributed by atoms with E-state index in [1.165, 1.54) is 6.92 Å². The lowest BCUT2D eigenvalue weighted by atomic mass is 9.44. The first-order chi connectivity index (χ1) is 60.6. The number of ether oxygens (including phenoxy) is 27. The van der Waals surface area contributed by atoms with Crippen molar-refractivity contribution in [2.24, 2.45) is 52.3 Å². The number of esters is 15. The van der Waals surface area contributed by atoms with E-state index in [2.05, 4.69) is 27.7 Å². The Morgan fingerprint density at radius 2 is 0.767 bits per heavy atom. The molecule has 7 aliphatic heterocycles. The Balaban J connectivity index is 1.04. The lowest BCUT2D eigenvalue weighted by Crippen LogP contribution is -2.72. The second-order valence-corrected chi connectivity index (χ2v) is 36.2. The molecular formula is C87H124O42. The molecule has 7 saturated heterocycles. The van der Waals surface area contributed by atoms with E-state index < -0.39 is 281 Å². The molecule has 42 nitrogen and oxygen atoms in total. The standard InChI is InChI=1S/C87H124O42/c1-37-23-28-87(108-31-37)38(2)65-59(129-87)30-58-56-22-21-54-29-55(24-26-84(54,18)57(56)25-27-85(58,65)19)119-80-74(115-49(13)98)70(113-47(11)96)68(63(120-80)34-105-41(5)90)124-82-76(127-83-77(117-51(15)100)78(118-52(16)101)86(20,128-53(17)102)64(123-83)36-106-42(6)91)72(67(111-45(9)94)62(122-82)33-104-40(4)89)126-81-75(116-50(14)99)71(66(110-44(8)93)61(121-81)32-103-39(3)88)125-79-73(114-48(12)97)69(112-46(10)95)60(35-107-79)109-43(7)92/h37-38,54-83H,21-36H2,1-20H3/t37-,38+,54+,55+,56-,57+,58+,59?,60-,61-,62-,63-,64-,65?,66-,67-,68+,69+,70+,71+,72+,73-,74-,75-,76-,77-,78-,79+,80-,81+,82+,83+,84+,85+,86-,87-/m1/s1. The highest BCUT2D eigenvalue weighted by Crippen LogP contribution is 2.72. The fraction of sp³-hybridized carbons (Fsp3) is 0.828. The normalized spacial score (nSPS) is 40.8. The van der Waals surface area contributed by atoms with Gasteiger partial charge in [0, 0.05) is 116 Å². The molecule has 0 bridgehead atoms. The minimum absolute atomic E-state index is 0.0378. The third-order valence-electron chi connectivity index (χ3n) is 26.8. The first-order valence-corrected chi connectivity index (χ1v) is 43.9. The highest BCUT2D eigenvalue weighted by atomic mass is 16.8. The summed E-state index contributed by atoms with van der Waals surface area (Å²) in [6.45, 7) is 21.3. The highest BCUT2D eigenvalue weighted by Gasteiger charge is 2.71. The molecular weight excluding hydrogens is 1720 g/mol. The highest BCUT2D eigenvalue weighted by molar-refractivity contribution is 5.72. The third kappa shape index (κ3) is 23.4. The minimum Gasteiger partial charge on any atom is -0.463 e. The van der Waals surface area contributed by atoms with Gasteiger partial charge in [0.15, 0.2) is 104 Å². The van der Waals surface area contributed by atoms with Crippen molar-refractivity contribution >= 4 is 89.5 Å². The van der Waals surface area contributed by atoms with Crippen LogP contribution in [0.25, 0.3) is 0 Å². The molecule has 4 saturated carbocycles. The monoisotopic (exact) mass is 1840 g/mol. The number of hydrogen-bond donors (Lipinski definition) is 0. The van der Waals surface area contributed by atoms with Crippen LogP contribution in [0.3, 0.4) is 0 Å². The first kappa shape index (κ1) is 101. The molecule has 11 aliphatic rings. The lowest BCUT2D eigenvalue weighted by molar-refractivity contribution is -0.413. The van der Waals surface area contributed by atoms with Crippen molar-refractivity contribution in [1.29, 1.82) is 0 Å². The van der Waals surface area contributed by atoms with Gasteiger partial charge in [0.25, 0.3) is 0 Å². The quantitative estimate of drug-likeness (QED) is 0.0565. The van der Waals surface area contributed by atoms with E-state index >= 15 is 0 Å². The first-order valence-electron chi connectivity index (χ1n) is 43.9. The van der Waals surface area contributed by atoms with Crippen molar-refractivity contribution in [2.45, 2.75) is 368 Å². The molecule has 0 aromatic carbocycles. The van der Waals surface area contributed by atoms with E-state index in [1.807, 2.05) is 0 Å². The fourth-order valence-electron chi connectivity index (χ4n) is 21.8. The summed E-state index contributed by atoms with van der Waals surface area (Å²) in [4.78, 5) is 202. The van der Waals surface area contributed by atoms with Crippen molar-refractivity contribution in [3.05, 3.63) is 0 Å². The smallest absolute Gasteiger partial charge is 0.303 e. The molecule has 7 heterocycles. The molecule has 0 amide bonds. The molecule has 0 aromatic rings. The molecule has 2 unspecified atom stereocenters. The summed E-state index contributed by atoms with van der Waals surface area (Å²) in [5, 5.41) is 0. The Morgan fingerprint density at radius 3 is 1.28 bits per heavy atom. The maximum atomic E-state index is 14.2. The predicted octanol–water partition coefficient (Wildman–Crippen LogP) is 4.51. The van der Waals surface area contributed by atoms with E-state index in [-0.39, 0.29) is 28.8 Å². The van der Waals surface area contributed by atoms with Crippen LogP contribution < -0.4 is 0 Å². The molecule has 42 heteroatoms. The molecule has 36 atom stereocenters. The number of carbonyl (C=O) groups is 15. The summed E-state index contributed by atoms with van der Waals surface area (Å²) in [6, 6.07) is 0. The zero-order valence-electron chi connectivity index (χ0n) is 76.4. The van der Waals surface area contributed by atoms with Crippen LogP contribution >= 0.6 is 0 Å². The van der Waals surface area contributed by atoms with Gasteiger partial charge in [-0.2, -0.15) is 0 Å².